The topological polar surface area (TPSA) is 68.0 Å². The molecule has 0 saturated carbocycles. The Balaban J connectivity index is 1.58. The molecular formula is C20H20FN3O2S. The molecule has 3 rings (SSSR count). The van der Waals surface area contributed by atoms with Crippen LogP contribution in [0.5, 0.6) is 0 Å². The first-order chi connectivity index (χ1) is 12.9. The summed E-state index contributed by atoms with van der Waals surface area (Å²) in [6.45, 7) is 6.17. The van der Waals surface area contributed by atoms with Crippen LogP contribution in [0.2, 0.25) is 0 Å². The van der Waals surface area contributed by atoms with Crippen molar-refractivity contribution in [2.24, 2.45) is 0 Å². The fourth-order valence-corrected chi connectivity index (χ4v) is 3.10. The number of amides is 1. The number of aromatic nitrogens is 2. The van der Waals surface area contributed by atoms with Gasteiger partial charge in [-0.05, 0) is 61.7 Å². The first-order valence-corrected chi connectivity index (χ1v) is 9.40. The second-order valence-electron chi connectivity index (χ2n) is 6.28. The summed E-state index contributed by atoms with van der Waals surface area (Å²) in [6, 6.07) is 12.0. The van der Waals surface area contributed by atoms with E-state index in [-0.39, 0.29) is 11.7 Å². The molecule has 2 aromatic carbocycles. The number of halogens is 1. The third-order valence-corrected chi connectivity index (χ3v) is 5.12. The summed E-state index contributed by atoms with van der Waals surface area (Å²) >= 11 is 1.20. The highest BCUT2D eigenvalue weighted by Crippen LogP contribution is 2.27. The quantitative estimate of drug-likeness (QED) is 0.641. The Morgan fingerprint density at radius 1 is 1.15 bits per heavy atom. The van der Waals surface area contributed by atoms with Gasteiger partial charge in [-0.2, -0.15) is 0 Å². The molecule has 0 aliphatic rings. The molecule has 0 bridgehead atoms. The minimum Gasteiger partial charge on any atom is -0.411 e. The van der Waals surface area contributed by atoms with Gasteiger partial charge in [0.05, 0.1) is 5.25 Å². The zero-order valence-corrected chi connectivity index (χ0v) is 16.1. The highest BCUT2D eigenvalue weighted by atomic mass is 32.2. The smallest absolute Gasteiger partial charge is 0.277 e. The van der Waals surface area contributed by atoms with E-state index in [1.165, 1.54) is 29.5 Å². The zero-order valence-electron chi connectivity index (χ0n) is 15.3. The number of benzene rings is 2. The average Bonchev–Trinajstić information content (AvgIpc) is 3.11. The molecule has 0 aliphatic carbocycles. The van der Waals surface area contributed by atoms with E-state index in [1.807, 2.05) is 32.0 Å². The van der Waals surface area contributed by atoms with E-state index in [4.69, 9.17) is 4.42 Å². The van der Waals surface area contributed by atoms with Gasteiger partial charge in [0.1, 0.15) is 5.82 Å². The van der Waals surface area contributed by atoms with Crippen LogP contribution in [-0.2, 0) is 11.3 Å². The van der Waals surface area contributed by atoms with Gasteiger partial charge in [0.15, 0.2) is 0 Å². The Labute approximate surface area is 161 Å². The Hall–Kier alpha value is -2.67. The molecule has 1 aromatic heterocycles. The minimum atomic E-state index is -0.404. The second-order valence-corrected chi connectivity index (χ2v) is 7.57. The monoisotopic (exact) mass is 385 g/mol. The predicted octanol–water partition coefficient (Wildman–Crippen LogP) is 4.29. The van der Waals surface area contributed by atoms with E-state index in [2.05, 4.69) is 15.5 Å². The molecule has 1 heterocycles. The lowest BCUT2D eigenvalue weighted by Crippen LogP contribution is -2.30. The van der Waals surface area contributed by atoms with Gasteiger partial charge in [-0.15, -0.1) is 10.2 Å². The fourth-order valence-electron chi connectivity index (χ4n) is 2.39. The number of nitrogens with one attached hydrogen (secondary N) is 1. The van der Waals surface area contributed by atoms with Crippen molar-refractivity contribution in [1.82, 2.24) is 15.5 Å². The molecule has 27 heavy (non-hydrogen) atoms. The summed E-state index contributed by atoms with van der Waals surface area (Å²) in [5, 5.41) is 10.8. The standard InChI is InChI=1S/C20H20FN3O2S/c1-12-4-7-16(10-13(12)2)19-23-24-20(26-19)27-14(3)18(25)22-11-15-5-8-17(21)9-6-15/h4-10,14H,11H2,1-3H3,(H,22,25)/t14-/m0/s1. The number of nitrogens with zero attached hydrogens (tertiary/aromatic N) is 2. The third kappa shape index (κ3) is 4.95. The van der Waals surface area contributed by atoms with Gasteiger partial charge in [-0.25, -0.2) is 4.39 Å². The first-order valence-electron chi connectivity index (χ1n) is 8.52. The summed E-state index contributed by atoms with van der Waals surface area (Å²) in [5.41, 5.74) is 4.02. The molecule has 0 radical (unpaired) electrons. The van der Waals surface area contributed by atoms with Crippen molar-refractivity contribution in [3.63, 3.8) is 0 Å². The lowest BCUT2D eigenvalue weighted by molar-refractivity contribution is -0.120. The lowest BCUT2D eigenvalue weighted by Gasteiger charge is -2.09. The van der Waals surface area contributed by atoms with Gasteiger partial charge in [0.25, 0.3) is 5.22 Å². The third-order valence-electron chi connectivity index (χ3n) is 4.19. The number of aryl methyl sites for hydroxylation is 2. The lowest BCUT2D eigenvalue weighted by atomic mass is 10.1. The molecule has 3 aromatic rings. The van der Waals surface area contributed by atoms with Crippen LogP contribution < -0.4 is 5.32 Å². The molecule has 1 N–H and O–H groups in total. The van der Waals surface area contributed by atoms with Crippen LogP contribution in [0.3, 0.4) is 0 Å². The number of carbonyl (C=O) groups is 1. The molecule has 0 aliphatic heterocycles. The van der Waals surface area contributed by atoms with Crippen LogP contribution in [-0.4, -0.2) is 21.4 Å². The largest absolute Gasteiger partial charge is 0.411 e. The Bertz CT molecular complexity index is 941. The van der Waals surface area contributed by atoms with E-state index in [0.717, 1.165) is 16.7 Å². The number of carbonyl (C=O) groups excluding carboxylic acids is 1. The summed E-state index contributed by atoms with van der Waals surface area (Å²) < 4.78 is 18.6. The molecular weight excluding hydrogens is 365 g/mol. The normalized spacial score (nSPS) is 12.0. The molecule has 1 atom stereocenters. The van der Waals surface area contributed by atoms with E-state index >= 15 is 0 Å². The predicted molar refractivity (Wildman–Crippen MR) is 103 cm³/mol. The number of hydrogen-bond donors (Lipinski definition) is 1. The molecule has 7 heteroatoms. The molecule has 5 nitrogen and oxygen atoms in total. The Kier molecular flexibility index (Phi) is 5.91. The number of thioether (sulfide) groups is 1. The molecule has 1 amide bonds. The van der Waals surface area contributed by atoms with Crippen molar-refractivity contribution in [3.05, 3.63) is 65.0 Å². The first kappa shape index (κ1) is 19.1. The maximum atomic E-state index is 12.9. The van der Waals surface area contributed by atoms with Gasteiger partial charge in [0.2, 0.25) is 11.8 Å². The fraction of sp³-hybridized carbons (Fsp3) is 0.250. The molecule has 140 valence electrons. The van der Waals surface area contributed by atoms with Crippen molar-refractivity contribution in [2.75, 3.05) is 0 Å². The summed E-state index contributed by atoms with van der Waals surface area (Å²) in [4.78, 5) is 12.3. The van der Waals surface area contributed by atoms with Crippen molar-refractivity contribution in [2.45, 2.75) is 37.8 Å². The van der Waals surface area contributed by atoms with E-state index in [9.17, 15) is 9.18 Å². The molecule has 0 spiro atoms. The average molecular weight is 385 g/mol. The second kappa shape index (κ2) is 8.35. The van der Waals surface area contributed by atoms with Gasteiger partial charge in [-0.1, -0.05) is 30.0 Å². The van der Waals surface area contributed by atoms with Crippen LogP contribution in [0, 0.1) is 19.7 Å². The summed E-state index contributed by atoms with van der Waals surface area (Å²) in [5.74, 6) is -0.0280. The maximum absolute atomic E-state index is 12.9. The van der Waals surface area contributed by atoms with Crippen LogP contribution in [0.1, 0.15) is 23.6 Å². The SMILES string of the molecule is Cc1ccc(-c2nnc(S[C@@H](C)C(=O)NCc3ccc(F)cc3)o2)cc1C. The highest BCUT2D eigenvalue weighted by Gasteiger charge is 2.18. The van der Waals surface area contributed by atoms with Gasteiger partial charge in [0, 0.05) is 12.1 Å². The van der Waals surface area contributed by atoms with Crippen LogP contribution in [0.4, 0.5) is 4.39 Å². The van der Waals surface area contributed by atoms with Gasteiger partial charge in [-0.3, -0.25) is 4.79 Å². The van der Waals surface area contributed by atoms with Crippen LogP contribution >= 0.6 is 11.8 Å². The van der Waals surface area contributed by atoms with E-state index in [1.54, 1.807) is 19.1 Å². The van der Waals surface area contributed by atoms with Crippen molar-refractivity contribution in [1.29, 1.82) is 0 Å². The summed E-state index contributed by atoms with van der Waals surface area (Å²) in [6.07, 6.45) is 0. The zero-order chi connectivity index (χ0) is 19.4. The van der Waals surface area contributed by atoms with Crippen LogP contribution in [0.25, 0.3) is 11.5 Å². The van der Waals surface area contributed by atoms with E-state index in [0.29, 0.717) is 17.7 Å². The van der Waals surface area contributed by atoms with Crippen molar-refractivity contribution >= 4 is 17.7 Å². The van der Waals surface area contributed by atoms with Crippen molar-refractivity contribution < 1.29 is 13.6 Å². The van der Waals surface area contributed by atoms with E-state index < -0.39 is 5.25 Å². The molecule has 0 fully saturated rings. The Morgan fingerprint density at radius 3 is 2.59 bits per heavy atom. The molecule has 0 unspecified atom stereocenters. The highest BCUT2D eigenvalue weighted by molar-refractivity contribution is 8.00. The maximum Gasteiger partial charge on any atom is 0.277 e. The number of hydrogen-bond acceptors (Lipinski definition) is 5. The Morgan fingerprint density at radius 2 is 1.89 bits per heavy atom. The van der Waals surface area contributed by atoms with Gasteiger partial charge >= 0.3 is 0 Å². The minimum absolute atomic E-state index is 0.157. The van der Waals surface area contributed by atoms with Gasteiger partial charge < -0.3 is 9.73 Å². The molecule has 0 saturated heterocycles. The van der Waals surface area contributed by atoms with Crippen LogP contribution in [0.15, 0.2) is 52.1 Å². The summed E-state index contributed by atoms with van der Waals surface area (Å²) in [7, 11) is 0. The van der Waals surface area contributed by atoms with Crippen molar-refractivity contribution in [3.8, 4) is 11.5 Å². The number of rotatable bonds is 6.